The molecule has 0 bridgehead atoms. The van der Waals surface area contributed by atoms with Crippen molar-refractivity contribution >= 4 is 27.0 Å². The summed E-state index contributed by atoms with van der Waals surface area (Å²) in [6.07, 6.45) is 0. The Balaban J connectivity index is 0.00000144. The molecule has 3 nitrogen and oxygen atoms in total. The van der Waals surface area contributed by atoms with Crippen LogP contribution in [-0.2, 0) is 10.0 Å². The number of halogens is 3. The minimum absolute atomic E-state index is 0. The van der Waals surface area contributed by atoms with Gasteiger partial charge in [-0.05, 0) is 12.1 Å². The van der Waals surface area contributed by atoms with Crippen LogP contribution in [0.3, 0.4) is 0 Å². The second-order valence-electron chi connectivity index (χ2n) is 2.10. The number of hydrogen-bond acceptors (Lipinski definition) is 2. The molecule has 0 saturated heterocycles. The first-order chi connectivity index (χ1) is 5.43. The van der Waals surface area contributed by atoms with Gasteiger partial charge in [-0.2, -0.15) is 0 Å². The highest BCUT2D eigenvalue weighted by molar-refractivity contribution is 8.93. The van der Waals surface area contributed by atoms with Crippen molar-refractivity contribution in [2.24, 2.45) is 5.14 Å². The summed E-state index contributed by atoms with van der Waals surface area (Å²) >= 11 is 0. The molecule has 74 valence electrons. The number of hydrogen-bond donors (Lipinski definition) is 1. The third kappa shape index (κ3) is 2.71. The van der Waals surface area contributed by atoms with Gasteiger partial charge in [0.15, 0.2) is 11.6 Å². The topological polar surface area (TPSA) is 60.2 Å². The Hall–Kier alpha value is -0.530. The average Bonchev–Trinajstić information content (AvgIpc) is 1.92. The molecule has 2 N–H and O–H groups in total. The lowest BCUT2D eigenvalue weighted by Crippen LogP contribution is -2.14. The fourth-order valence-electron chi connectivity index (χ4n) is 0.704. The first kappa shape index (κ1) is 12.5. The van der Waals surface area contributed by atoms with Crippen LogP contribution in [0.5, 0.6) is 0 Å². The Morgan fingerprint density at radius 2 is 1.77 bits per heavy atom. The Morgan fingerprint density at radius 3 is 2.15 bits per heavy atom. The van der Waals surface area contributed by atoms with Gasteiger partial charge in [-0.3, -0.25) is 0 Å². The van der Waals surface area contributed by atoms with E-state index < -0.39 is 26.6 Å². The molecule has 0 radical (unpaired) electrons. The molecule has 13 heavy (non-hydrogen) atoms. The summed E-state index contributed by atoms with van der Waals surface area (Å²) in [5, 5.41) is 4.59. The Labute approximate surface area is 84.4 Å². The van der Waals surface area contributed by atoms with Crippen molar-refractivity contribution < 1.29 is 17.2 Å². The lowest BCUT2D eigenvalue weighted by Gasteiger charge is -1.99. The maximum absolute atomic E-state index is 12.7. The largest absolute Gasteiger partial charge is 0.241 e. The number of primary sulfonamides is 1. The Bertz CT molecular complexity index is 407. The first-order valence-corrected chi connectivity index (χ1v) is 4.44. The van der Waals surface area contributed by atoms with Crippen LogP contribution >= 0.6 is 17.0 Å². The molecular formula is C6H6BrF2NO2S. The molecule has 0 atom stereocenters. The monoisotopic (exact) mass is 273 g/mol. The van der Waals surface area contributed by atoms with Crippen molar-refractivity contribution in [1.29, 1.82) is 0 Å². The van der Waals surface area contributed by atoms with E-state index in [0.717, 1.165) is 18.2 Å². The summed E-state index contributed by atoms with van der Waals surface area (Å²) in [5.41, 5.74) is 0. The molecule has 0 spiro atoms. The SMILES string of the molecule is Br.NS(=O)(=O)c1cccc(F)c1F. The van der Waals surface area contributed by atoms with Gasteiger partial charge in [0.05, 0.1) is 0 Å². The second-order valence-corrected chi connectivity index (χ2v) is 3.63. The van der Waals surface area contributed by atoms with Crippen LogP contribution in [0.4, 0.5) is 8.78 Å². The summed E-state index contributed by atoms with van der Waals surface area (Å²) in [6, 6.07) is 2.77. The lowest BCUT2D eigenvalue weighted by molar-refractivity contribution is 0.485. The van der Waals surface area contributed by atoms with Crippen LogP contribution in [0.25, 0.3) is 0 Å². The molecule has 0 aromatic heterocycles. The number of nitrogens with two attached hydrogens (primary N) is 1. The van der Waals surface area contributed by atoms with Crippen LogP contribution in [-0.4, -0.2) is 8.42 Å². The average molecular weight is 274 g/mol. The summed E-state index contributed by atoms with van der Waals surface area (Å²) in [7, 11) is -4.17. The summed E-state index contributed by atoms with van der Waals surface area (Å²) in [6.45, 7) is 0. The zero-order chi connectivity index (χ0) is 9.35. The van der Waals surface area contributed by atoms with E-state index in [4.69, 9.17) is 0 Å². The van der Waals surface area contributed by atoms with Gasteiger partial charge in [0.2, 0.25) is 10.0 Å². The molecule has 0 aliphatic carbocycles. The molecule has 0 saturated carbocycles. The van der Waals surface area contributed by atoms with Crippen molar-refractivity contribution in [3.63, 3.8) is 0 Å². The van der Waals surface area contributed by atoms with Crippen molar-refractivity contribution in [1.82, 2.24) is 0 Å². The second kappa shape index (κ2) is 4.12. The summed E-state index contributed by atoms with van der Waals surface area (Å²) < 4.78 is 46.2. The predicted molar refractivity (Wildman–Crippen MR) is 48.1 cm³/mol. The van der Waals surface area contributed by atoms with E-state index in [9.17, 15) is 17.2 Å². The lowest BCUT2D eigenvalue weighted by atomic mass is 10.3. The molecule has 0 aliphatic rings. The van der Waals surface area contributed by atoms with E-state index in [1.165, 1.54) is 0 Å². The van der Waals surface area contributed by atoms with Gasteiger partial charge in [-0.15, -0.1) is 17.0 Å². The molecule has 0 amide bonds. The Morgan fingerprint density at radius 1 is 1.23 bits per heavy atom. The Kier molecular flexibility index (Phi) is 3.95. The number of rotatable bonds is 1. The van der Waals surface area contributed by atoms with Crippen molar-refractivity contribution in [3.05, 3.63) is 29.8 Å². The van der Waals surface area contributed by atoms with Gasteiger partial charge in [-0.25, -0.2) is 22.3 Å². The standard InChI is InChI=1S/C6H5F2NO2S.BrH/c7-4-2-1-3-5(6(4)8)12(9,10)11;/h1-3H,(H2,9,10,11);1H. The van der Waals surface area contributed by atoms with Crippen molar-refractivity contribution in [2.45, 2.75) is 4.90 Å². The minimum Gasteiger partial charge on any atom is -0.225 e. The van der Waals surface area contributed by atoms with Crippen LogP contribution in [0, 0.1) is 11.6 Å². The van der Waals surface area contributed by atoms with E-state index in [0.29, 0.717) is 0 Å². The summed E-state index contributed by atoms with van der Waals surface area (Å²) in [4.78, 5) is -0.831. The molecule has 1 rings (SSSR count). The molecule has 0 fully saturated rings. The maximum atomic E-state index is 12.7. The predicted octanol–water partition coefficient (Wildman–Crippen LogP) is 1.19. The van der Waals surface area contributed by atoms with Crippen molar-refractivity contribution in [3.8, 4) is 0 Å². The maximum Gasteiger partial charge on any atom is 0.241 e. The van der Waals surface area contributed by atoms with Gasteiger partial charge in [-0.1, -0.05) is 6.07 Å². The van der Waals surface area contributed by atoms with Gasteiger partial charge >= 0.3 is 0 Å². The van der Waals surface area contributed by atoms with Crippen LogP contribution in [0.15, 0.2) is 23.1 Å². The zero-order valence-corrected chi connectivity index (χ0v) is 8.73. The quantitative estimate of drug-likeness (QED) is 0.836. The normalized spacial score (nSPS) is 10.7. The molecule has 1 aromatic carbocycles. The molecule has 0 aliphatic heterocycles. The van der Waals surface area contributed by atoms with Crippen molar-refractivity contribution in [2.75, 3.05) is 0 Å². The van der Waals surface area contributed by atoms with Crippen LogP contribution in [0.1, 0.15) is 0 Å². The molecule has 7 heteroatoms. The van der Waals surface area contributed by atoms with E-state index in [-0.39, 0.29) is 17.0 Å². The fraction of sp³-hybridized carbons (Fsp3) is 0. The molecule has 0 heterocycles. The highest BCUT2D eigenvalue weighted by Crippen LogP contribution is 2.14. The summed E-state index contributed by atoms with van der Waals surface area (Å²) in [5.74, 6) is -2.68. The van der Waals surface area contributed by atoms with Gasteiger partial charge in [0, 0.05) is 0 Å². The molecule has 0 unspecified atom stereocenters. The zero-order valence-electron chi connectivity index (χ0n) is 6.20. The van der Waals surface area contributed by atoms with Gasteiger partial charge in [0.1, 0.15) is 4.90 Å². The van der Waals surface area contributed by atoms with Crippen LogP contribution < -0.4 is 5.14 Å². The smallest absolute Gasteiger partial charge is 0.225 e. The van der Waals surface area contributed by atoms with Gasteiger partial charge < -0.3 is 0 Å². The highest BCUT2D eigenvalue weighted by atomic mass is 79.9. The first-order valence-electron chi connectivity index (χ1n) is 2.90. The van der Waals surface area contributed by atoms with Crippen LogP contribution in [0.2, 0.25) is 0 Å². The van der Waals surface area contributed by atoms with E-state index in [1.807, 2.05) is 0 Å². The van der Waals surface area contributed by atoms with E-state index in [2.05, 4.69) is 5.14 Å². The molecule has 1 aromatic rings. The molecular weight excluding hydrogens is 268 g/mol. The van der Waals surface area contributed by atoms with E-state index >= 15 is 0 Å². The minimum atomic E-state index is -4.17. The number of benzene rings is 1. The highest BCUT2D eigenvalue weighted by Gasteiger charge is 2.16. The third-order valence-electron chi connectivity index (χ3n) is 1.22. The number of sulfonamides is 1. The van der Waals surface area contributed by atoms with Gasteiger partial charge in [0.25, 0.3) is 0 Å². The third-order valence-corrected chi connectivity index (χ3v) is 2.15. The fourth-order valence-corrected chi connectivity index (χ4v) is 1.32. The van der Waals surface area contributed by atoms with E-state index in [1.54, 1.807) is 0 Å².